The number of nitrogens with one attached hydrogen (secondary N) is 2. The van der Waals surface area contributed by atoms with Gasteiger partial charge in [-0.05, 0) is 6.07 Å². The monoisotopic (exact) mass is 499 g/mol. The molecule has 0 unspecified atom stereocenters. The molecule has 27 heavy (non-hydrogen) atoms. The molecule has 0 spiro atoms. The molecule has 2 aromatic rings. The number of anilines is 1. The maximum absolute atomic E-state index is 12.6. The van der Waals surface area contributed by atoms with E-state index in [4.69, 9.17) is 0 Å². The number of rotatable bonds is 6. The maximum atomic E-state index is 12.6. The van der Waals surface area contributed by atoms with Gasteiger partial charge in [0, 0.05) is 40.4 Å². The third-order valence-corrected chi connectivity index (χ3v) is 3.39. The molecular weight excluding hydrogens is 478 g/mol. The molecule has 0 aliphatic carbocycles. The minimum atomic E-state index is -4.50. The highest BCUT2D eigenvalue weighted by molar-refractivity contribution is 14.0. The van der Waals surface area contributed by atoms with Crippen LogP contribution in [0.25, 0.3) is 0 Å². The molecule has 0 atom stereocenters. The molecule has 0 aliphatic rings. The molecule has 9 nitrogen and oxygen atoms in total. The van der Waals surface area contributed by atoms with E-state index in [9.17, 15) is 13.2 Å². The first-order valence-corrected chi connectivity index (χ1v) is 7.70. The van der Waals surface area contributed by atoms with Gasteiger partial charge >= 0.3 is 6.18 Å². The summed E-state index contributed by atoms with van der Waals surface area (Å²) in [4.78, 5) is 17.4. The van der Waals surface area contributed by atoms with Crippen molar-refractivity contribution in [3.8, 4) is 0 Å². The molecule has 0 amide bonds. The summed E-state index contributed by atoms with van der Waals surface area (Å²) in [7, 11) is 5.28. The number of hydrogen-bond acceptors (Lipinski definition) is 6. The van der Waals surface area contributed by atoms with Crippen LogP contribution in [0.2, 0.25) is 0 Å². The lowest BCUT2D eigenvalue weighted by Crippen LogP contribution is -2.41. The van der Waals surface area contributed by atoms with Crippen LogP contribution >= 0.6 is 24.0 Å². The molecule has 0 fully saturated rings. The Kier molecular flexibility index (Phi) is 8.65. The number of guanidine groups is 1. The number of hydrogen-bond donors (Lipinski definition) is 2. The van der Waals surface area contributed by atoms with E-state index in [0.717, 1.165) is 18.1 Å². The van der Waals surface area contributed by atoms with E-state index in [2.05, 4.69) is 35.7 Å². The largest absolute Gasteiger partial charge is 0.433 e. The van der Waals surface area contributed by atoms with Crippen LogP contribution < -0.4 is 10.6 Å². The van der Waals surface area contributed by atoms with Crippen molar-refractivity contribution in [1.29, 1.82) is 0 Å². The molecule has 13 heteroatoms. The Labute approximate surface area is 171 Å². The average molecular weight is 499 g/mol. The molecule has 2 heterocycles. The van der Waals surface area contributed by atoms with Gasteiger partial charge < -0.3 is 15.5 Å². The summed E-state index contributed by atoms with van der Waals surface area (Å²) in [5.74, 6) is 1.30. The summed E-state index contributed by atoms with van der Waals surface area (Å²) in [6, 6.07) is 0.826. The number of aryl methyl sites for hydroxylation is 1. The highest BCUT2D eigenvalue weighted by Crippen LogP contribution is 2.27. The molecule has 2 rings (SSSR count). The number of nitrogens with zero attached hydrogens (tertiary/aromatic N) is 7. The fourth-order valence-electron chi connectivity index (χ4n) is 2.09. The first kappa shape index (κ1) is 22.9. The van der Waals surface area contributed by atoms with Crippen LogP contribution in [0.4, 0.5) is 19.1 Å². The van der Waals surface area contributed by atoms with E-state index >= 15 is 0 Å². The number of aliphatic imine (C=N–C) groups is 1. The second-order valence-electron chi connectivity index (χ2n) is 5.32. The van der Waals surface area contributed by atoms with Gasteiger partial charge in [-0.1, -0.05) is 0 Å². The average Bonchev–Trinajstić information content (AvgIpc) is 2.99. The van der Waals surface area contributed by atoms with Crippen LogP contribution in [0.5, 0.6) is 0 Å². The van der Waals surface area contributed by atoms with Crippen molar-refractivity contribution in [2.24, 2.45) is 12.0 Å². The molecule has 0 aromatic carbocycles. The van der Waals surface area contributed by atoms with Crippen molar-refractivity contribution in [2.45, 2.75) is 12.7 Å². The van der Waals surface area contributed by atoms with Crippen molar-refractivity contribution in [3.05, 3.63) is 30.1 Å². The zero-order chi connectivity index (χ0) is 19.2. The van der Waals surface area contributed by atoms with Gasteiger partial charge in [0.2, 0.25) is 5.95 Å². The van der Waals surface area contributed by atoms with Crippen LogP contribution in [0.3, 0.4) is 0 Å². The lowest BCUT2D eigenvalue weighted by molar-refractivity contribution is -0.141. The molecule has 0 aliphatic heterocycles. The topological polar surface area (TPSA) is 96.2 Å². The molecule has 0 saturated heterocycles. The zero-order valence-electron chi connectivity index (χ0n) is 15.0. The second-order valence-corrected chi connectivity index (χ2v) is 5.32. The van der Waals surface area contributed by atoms with Gasteiger partial charge in [-0.25, -0.2) is 15.0 Å². The summed E-state index contributed by atoms with van der Waals surface area (Å²) in [5, 5.41) is 9.84. The minimum absolute atomic E-state index is 0. The van der Waals surface area contributed by atoms with Crippen molar-refractivity contribution in [3.63, 3.8) is 0 Å². The molecular formula is C14H21F3IN9. The zero-order valence-corrected chi connectivity index (χ0v) is 17.4. The van der Waals surface area contributed by atoms with Crippen molar-refractivity contribution >= 4 is 35.9 Å². The first-order chi connectivity index (χ1) is 12.3. The van der Waals surface area contributed by atoms with Gasteiger partial charge in [0.25, 0.3) is 0 Å². The van der Waals surface area contributed by atoms with E-state index in [-0.39, 0.29) is 29.9 Å². The van der Waals surface area contributed by atoms with Gasteiger partial charge in [0.05, 0.1) is 6.54 Å². The Morgan fingerprint density at radius 2 is 2.04 bits per heavy atom. The van der Waals surface area contributed by atoms with E-state index in [1.165, 1.54) is 6.33 Å². The second kappa shape index (κ2) is 10.2. The van der Waals surface area contributed by atoms with E-state index < -0.39 is 11.9 Å². The number of aromatic nitrogens is 5. The summed E-state index contributed by atoms with van der Waals surface area (Å²) < 4.78 is 39.5. The van der Waals surface area contributed by atoms with Crippen LogP contribution in [-0.4, -0.2) is 62.8 Å². The van der Waals surface area contributed by atoms with Gasteiger partial charge in [0.15, 0.2) is 5.96 Å². The fourth-order valence-corrected chi connectivity index (χ4v) is 2.09. The van der Waals surface area contributed by atoms with Crippen molar-refractivity contribution < 1.29 is 13.2 Å². The highest BCUT2D eigenvalue weighted by Gasteiger charge is 2.32. The van der Waals surface area contributed by atoms with Crippen LogP contribution in [-0.2, 0) is 19.8 Å². The SMILES string of the molecule is CN=C(NCCNc1nccc(C(F)(F)F)n1)N(C)Cc1ncnn1C.I. The van der Waals surface area contributed by atoms with E-state index in [1.54, 1.807) is 18.8 Å². The summed E-state index contributed by atoms with van der Waals surface area (Å²) in [5.41, 5.74) is -0.984. The molecule has 2 aromatic heterocycles. The molecule has 0 bridgehead atoms. The van der Waals surface area contributed by atoms with Crippen LogP contribution in [0, 0.1) is 0 Å². The highest BCUT2D eigenvalue weighted by atomic mass is 127. The summed E-state index contributed by atoms with van der Waals surface area (Å²) in [6.45, 7) is 1.23. The van der Waals surface area contributed by atoms with E-state index in [1.807, 2.05) is 11.9 Å². The van der Waals surface area contributed by atoms with Crippen molar-refractivity contribution in [1.82, 2.24) is 34.9 Å². The van der Waals surface area contributed by atoms with Crippen LogP contribution in [0.15, 0.2) is 23.6 Å². The number of alkyl halides is 3. The predicted molar refractivity (Wildman–Crippen MR) is 105 cm³/mol. The first-order valence-electron chi connectivity index (χ1n) is 7.70. The molecule has 2 N–H and O–H groups in total. The van der Waals surface area contributed by atoms with Gasteiger partial charge in [0.1, 0.15) is 17.8 Å². The Balaban J connectivity index is 0.00000364. The van der Waals surface area contributed by atoms with Gasteiger partial charge in [-0.15, -0.1) is 24.0 Å². The quantitative estimate of drug-likeness (QED) is 0.268. The van der Waals surface area contributed by atoms with Gasteiger partial charge in [-0.3, -0.25) is 9.67 Å². The standard InChI is InChI=1S/C14H20F3N9.HI/c1-18-13(25(2)8-11-22-9-23-26(11)3)21-7-6-20-12-19-5-4-10(24-12)14(15,16)17;/h4-5,9H,6-8H2,1-3H3,(H,18,21)(H,19,20,24);1H. The summed E-state index contributed by atoms with van der Waals surface area (Å²) in [6.07, 6.45) is -1.96. The maximum Gasteiger partial charge on any atom is 0.433 e. The number of halogens is 4. The fraction of sp³-hybridized carbons (Fsp3) is 0.500. The van der Waals surface area contributed by atoms with Gasteiger partial charge in [-0.2, -0.15) is 18.3 Å². The molecule has 0 saturated carbocycles. The minimum Gasteiger partial charge on any atom is -0.354 e. The lowest BCUT2D eigenvalue weighted by Gasteiger charge is -2.21. The Bertz CT molecular complexity index is 747. The molecule has 150 valence electrons. The third kappa shape index (κ3) is 6.80. The third-order valence-electron chi connectivity index (χ3n) is 3.39. The lowest BCUT2D eigenvalue weighted by atomic mass is 10.4. The Morgan fingerprint density at radius 3 is 2.63 bits per heavy atom. The van der Waals surface area contributed by atoms with Crippen molar-refractivity contribution in [2.75, 3.05) is 32.5 Å². The van der Waals surface area contributed by atoms with Crippen LogP contribution in [0.1, 0.15) is 11.5 Å². The molecule has 0 radical (unpaired) electrons. The Morgan fingerprint density at radius 1 is 1.30 bits per heavy atom. The Hall–Kier alpha value is -2.19. The summed E-state index contributed by atoms with van der Waals surface area (Å²) >= 11 is 0. The predicted octanol–water partition coefficient (Wildman–Crippen LogP) is 1.36. The smallest absolute Gasteiger partial charge is 0.354 e. The normalized spacial score (nSPS) is 11.7. The van der Waals surface area contributed by atoms with E-state index in [0.29, 0.717) is 25.6 Å².